The van der Waals surface area contributed by atoms with E-state index in [1.54, 1.807) is 12.4 Å². The Hall–Kier alpha value is -3.72. The lowest BCUT2D eigenvalue weighted by molar-refractivity contribution is 0.965. The Bertz CT molecular complexity index is 1290. The van der Waals surface area contributed by atoms with Crippen LogP contribution in [-0.2, 0) is 0 Å². The van der Waals surface area contributed by atoms with Crippen molar-refractivity contribution in [2.75, 3.05) is 0 Å². The third-order valence-corrected chi connectivity index (χ3v) is 5.26. The molecule has 0 spiro atoms. The quantitative estimate of drug-likeness (QED) is 0.367. The normalized spacial score (nSPS) is 11.1. The number of fused-ring (bicyclic) bond motifs is 1. The lowest BCUT2D eigenvalue weighted by Gasteiger charge is -2.12. The van der Waals surface area contributed by atoms with Gasteiger partial charge in [-0.2, -0.15) is 0 Å². The highest BCUT2D eigenvalue weighted by Gasteiger charge is 2.23. The molecule has 0 amide bonds. The Labute approximate surface area is 170 Å². The van der Waals surface area contributed by atoms with Crippen LogP contribution in [0.1, 0.15) is 11.1 Å². The van der Waals surface area contributed by atoms with Gasteiger partial charge in [0.15, 0.2) is 0 Å². The predicted molar refractivity (Wildman–Crippen MR) is 119 cm³/mol. The molecule has 0 radical (unpaired) electrons. The van der Waals surface area contributed by atoms with Crippen LogP contribution in [0.25, 0.3) is 39.2 Å². The summed E-state index contributed by atoms with van der Waals surface area (Å²) in [7, 11) is 0. The fraction of sp³-hybridized carbons (Fsp3) is 0.0769. The molecule has 3 nitrogen and oxygen atoms in total. The minimum Gasteiger partial charge on any atom is -0.277 e. The molecule has 2 heterocycles. The van der Waals surface area contributed by atoms with Crippen LogP contribution in [0.3, 0.4) is 0 Å². The number of hydrogen-bond donors (Lipinski definition) is 0. The van der Waals surface area contributed by atoms with E-state index >= 15 is 0 Å². The van der Waals surface area contributed by atoms with Crippen LogP contribution in [0, 0.1) is 13.8 Å². The number of aromatic nitrogens is 3. The minimum absolute atomic E-state index is 0.686. The fourth-order valence-electron chi connectivity index (χ4n) is 4.17. The van der Waals surface area contributed by atoms with Crippen molar-refractivity contribution >= 4 is 10.9 Å². The molecule has 140 valence electrons. The fourth-order valence-corrected chi connectivity index (χ4v) is 4.17. The maximum Gasteiger partial charge on any atom is 0.234 e. The van der Waals surface area contributed by atoms with Crippen LogP contribution in [-0.4, -0.2) is 14.5 Å². The first-order chi connectivity index (χ1) is 14.2. The van der Waals surface area contributed by atoms with Gasteiger partial charge in [0.1, 0.15) is 0 Å². The number of aryl methyl sites for hydroxylation is 2. The molecular formula is C26H21N3. The third-order valence-electron chi connectivity index (χ3n) is 5.26. The van der Waals surface area contributed by atoms with Gasteiger partial charge in [0.25, 0.3) is 0 Å². The monoisotopic (exact) mass is 375 g/mol. The Kier molecular flexibility index (Phi) is 4.21. The van der Waals surface area contributed by atoms with E-state index in [1.165, 1.54) is 27.6 Å². The first-order valence-electron chi connectivity index (χ1n) is 9.78. The second kappa shape index (κ2) is 7.02. The topological polar surface area (TPSA) is 30.7 Å². The van der Waals surface area contributed by atoms with Gasteiger partial charge in [0.05, 0.1) is 11.2 Å². The molecular weight excluding hydrogens is 354 g/mol. The van der Waals surface area contributed by atoms with Crippen LogP contribution in [0.4, 0.5) is 0 Å². The van der Waals surface area contributed by atoms with Crippen molar-refractivity contribution in [1.29, 1.82) is 0 Å². The lowest BCUT2D eigenvalue weighted by Crippen LogP contribution is -2.03. The Balaban J connectivity index is 2.02. The molecule has 0 atom stereocenters. The first kappa shape index (κ1) is 17.4. The molecule has 5 rings (SSSR count). The molecule has 2 aromatic heterocycles. The SMILES string of the molecule is Cc1cc(C)c2c(c1)c(-c1ccccc1)c(-c1ccccc1)n2-c1ncccn1. The summed E-state index contributed by atoms with van der Waals surface area (Å²) >= 11 is 0. The van der Waals surface area contributed by atoms with Gasteiger partial charge in [-0.05, 0) is 42.7 Å². The van der Waals surface area contributed by atoms with E-state index in [0.717, 1.165) is 16.8 Å². The number of rotatable bonds is 3. The molecule has 0 aliphatic carbocycles. The molecule has 5 aromatic rings. The lowest BCUT2D eigenvalue weighted by atomic mass is 9.97. The highest BCUT2D eigenvalue weighted by Crippen LogP contribution is 2.43. The second-order valence-corrected chi connectivity index (χ2v) is 7.32. The average Bonchev–Trinajstić information content (AvgIpc) is 3.11. The van der Waals surface area contributed by atoms with E-state index in [-0.39, 0.29) is 0 Å². The summed E-state index contributed by atoms with van der Waals surface area (Å²) < 4.78 is 2.21. The summed E-state index contributed by atoms with van der Waals surface area (Å²) in [5, 5.41) is 1.22. The zero-order chi connectivity index (χ0) is 19.8. The zero-order valence-electron chi connectivity index (χ0n) is 16.5. The van der Waals surface area contributed by atoms with Gasteiger partial charge in [0, 0.05) is 23.3 Å². The van der Waals surface area contributed by atoms with E-state index in [1.807, 2.05) is 12.1 Å². The minimum atomic E-state index is 0.686. The molecule has 0 aliphatic heterocycles. The van der Waals surface area contributed by atoms with Crippen molar-refractivity contribution in [3.8, 4) is 28.3 Å². The van der Waals surface area contributed by atoms with Crippen LogP contribution in [0.2, 0.25) is 0 Å². The maximum atomic E-state index is 4.61. The summed E-state index contributed by atoms with van der Waals surface area (Å²) in [6, 6.07) is 27.5. The summed E-state index contributed by atoms with van der Waals surface area (Å²) in [5.41, 5.74) is 8.28. The molecule has 0 aliphatic rings. The largest absolute Gasteiger partial charge is 0.277 e. The van der Waals surface area contributed by atoms with Crippen molar-refractivity contribution in [2.45, 2.75) is 13.8 Å². The third kappa shape index (κ3) is 2.92. The van der Waals surface area contributed by atoms with Crippen LogP contribution < -0.4 is 0 Å². The van der Waals surface area contributed by atoms with Gasteiger partial charge in [-0.3, -0.25) is 4.57 Å². The molecule has 0 fully saturated rings. The number of hydrogen-bond acceptors (Lipinski definition) is 2. The van der Waals surface area contributed by atoms with E-state index in [9.17, 15) is 0 Å². The Morgan fingerprint density at radius 3 is 1.97 bits per heavy atom. The van der Waals surface area contributed by atoms with Crippen molar-refractivity contribution < 1.29 is 0 Å². The molecule has 0 N–H and O–H groups in total. The van der Waals surface area contributed by atoms with Gasteiger partial charge in [-0.25, -0.2) is 9.97 Å². The predicted octanol–water partition coefficient (Wildman–Crippen LogP) is 6.37. The van der Waals surface area contributed by atoms with E-state index < -0.39 is 0 Å². The van der Waals surface area contributed by atoms with Crippen molar-refractivity contribution in [3.05, 3.63) is 102 Å². The molecule has 0 bridgehead atoms. The Morgan fingerprint density at radius 1 is 0.690 bits per heavy atom. The van der Waals surface area contributed by atoms with Crippen molar-refractivity contribution in [3.63, 3.8) is 0 Å². The summed E-state index contributed by atoms with van der Waals surface area (Å²) in [4.78, 5) is 9.22. The molecule has 29 heavy (non-hydrogen) atoms. The highest BCUT2D eigenvalue weighted by atomic mass is 15.2. The highest BCUT2D eigenvalue weighted by molar-refractivity contribution is 6.06. The summed E-state index contributed by atoms with van der Waals surface area (Å²) in [6.07, 6.45) is 3.60. The van der Waals surface area contributed by atoms with Crippen LogP contribution >= 0.6 is 0 Å². The van der Waals surface area contributed by atoms with Crippen LogP contribution in [0.5, 0.6) is 0 Å². The van der Waals surface area contributed by atoms with Crippen molar-refractivity contribution in [2.24, 2.45) is 0 Å². The zero-order valence-corrected chi connectivity index (χ0v) is 16.5. The van der Waals surface area contributed by atoms with Gasteiger partial charge >= 0.3 is 0 Å². The van der Waals surface area contributed by atoms with Gasteiger partial charge < -0.3 is 0 Å². The summed E-state index contributed by atoms with van der Waals surface area (Å²) in [6.45, 7) is 4.32. The Morgan fingerprint density at radius 2 is 1.31 bits per heavy atom. The van der Waals surface area contributed by atoms with E-state index in [2.05, 4.69) is 95.1 Å². The molecule has 0 saturated carbocycles. The second-order valence-electron chi connectivity index (χ2n) is 7.32. The van der Waals surface area contributed by atoms with Gasteiger partial charge in [-0.1, -0.05) is 72.3 Å². The van der Waals surface area contributed by atoms with E-state index in [0.29, 0.717) is 5.95 Å². The van der Waals surface area contributed by atoms with Gasteiger partial charge in [0.2, 0.25) is 5.95 Å². The molecule has 3 heteroatoms. The maximum absolute atomic E-state index is 4.61. The average molecular weight is 375 g/mol. The van der Waals surface area contributed by atoms with Gasteiger partial charge in [-0.15, -0.1) is 0 Å². The van der Waals surface area contributed by atoms with Crippen molar-refractivity contribution in [1.82, 2.24) is 14.5 Å². The smallest absolute Gasteiger partial charge is 0.234 e. The number of benzene rings is 3. The summed E-state index contributed by atoms with van der Waals surface area (Å²) in [5.74, 6) is 0.686. The molecule has 0 unspecified atom stereocenters. The molecule has 3 aromatic carbocycles. The first-order valence-corrected chi connectivity index (χ1v) is 9.78. The van der Waals surface area contributed by atoms with E-state index in [4.69, 9.17) is 0 Å². The molecule has 0 saturated heterocycles. The van der Waals surface area contributed by atoms with Crippen LogP contribution in [0.15, 0.2) is 91.3 Å². The standard InChI is InChI=1S/C26H21N3/c1-18-16-19(2)24-22(17-18)23(20-10-5-3-6-11-20)25(21-12-7-4-8-13-21)29(24)26-27-14-9-15-28-26/h3-17H,1-2H3. The number of nitrogens with zero attached hydrogens (tertiary/aromatic N) is 3.